The fourth-order valence-corrected chi connectivity index (χ4v) is 2.40. The van der Waals surface area contributed by atoms with E-state index in [-0.39, 0.29) is 5.82 Å². The van der Waals surface area contributed by atoms with Crippen molar-refractivity contribution in [3.05, 3.63) is 24.3 Å². The molecular weight excluding hydrogens is 217 g/mol. The summed E-state index contributed by atoms with van der Waals surface area (Å²) in [5, 5.41) is 3.28. The number of likely N-dealkylation sites (tertiary alicyclic amines) is 1. The molecule has 0 saturated carbocycles. The monoisotopic (exact) mass is 237 g/mol. The van der Waals surface area contributed by atoms with Gasteiger partial charge in [-0.25, -0.2) is 4.39 Å². The number of hydrogen-bond donors (Lipinski definition) is 1. The molecule has 2 rings (SSSR count). The predicted molar refractivity (Wildman–Crippen MR) is 67.6 cm³/mol. The van der Waals surface area contributed by atoms with Gasteiger partial charge in [0.25, 0.3) is 0 Å². The minimum Gasteiger partial charge on any atom is -0.379 e. The van der Waals surface area contributed by atoms with Gasteiger partial charge >= 0.3 is 0 Å². The molecule has 0 unspecified atom stereocenters. The number of aromatic nitrogens is 1. The summed E-state index contributed by atoms with van der Waals surface area (Å²) in [4.78, 5) is 6.20. The lowest BCUT2D eigenvalue weighted by atomic mass is 10.1. The van der Waals surface area contributed by atoms with Crippen molar-refractivity contribution in [3.8, 4) is 0 Å². The fraction of sp³-hybridized carbons (Fsp3) is 0.615. The Morgan fingerprint density at radius 1 is 1.59 bits per heavy atom. The number of rotatable bonds is 4. The highest BCUT2D eigenvalue weighted by Gasteiger charge is 2.19. The van der Waals surface area contributed by atoms with Crippen LogP contribution in [0.25, 0.3) is 0 Å². The molecule has 3 nitrogen and oxygen atoms in total. The smallest absolute Gasteiger partial charge is 0.164 e. The van der Waals surface area contributed by atoms with Crippen molar-refractivity contribution < 1.29 is 4.39 Å². The van der Waals surface area contributed by atoms with Crippen LogP contribution in [0.5, 0.6) is 0 Å². The second kappa shape index (κ2) is 5.96. The highest BCUT2D eigenvalue weighted by atomic mass is 19.1. The molecule has 0 aromatic carbocycles. The van der Waals surface area contributed by atoms with Crippen molar-refractivity contribution >= 4 is 5.69 Å². The Labute approximate surface area is 102 Å². The summed E-state index contributed by atoms with van der Waals surface area (Å²) in [5.41, 5.74) is 0.573. The average molecular weight is 237 g/mol. The van der Waals surface area contributed by atoms with E-state index in [1.54, 1.807) is 12.3 Å². The van der Waals surface area contributed by atoms with Crippen LogP contribution in [0.4, 0.5) is 10.1 Å². The Hall–Kier alpha value is -1.16. The first-order valence-electron chi connectivity index (χ1n) is 6.38. The molecule has 1 aliphatic heterocycles. The van der Waals surface area contributed by atoms with Crippen LogP contribution in [-0.2, 0) is 0 Å². The Kier molecular flexibility index (Phi) is 4.31. The van der Waals surface area contributed by atoms with Crippen molar-refractivity contribution in [2.75, 3.05) is 25.0 Å². The zero-order chi connectivity index (χ0) is 12.1. The number of halogens is 1. The normalized spacial score (nSPS) is 21.4. The highest BCUT2D eigenvalue weighted by molar-refractivity contribution is 5.43. The maximum absolute atomic E-state index is 13.5. The number of nitrogens with zero attached hydrogens (tertiary/aromatic N) is 2. The van der Waals surface area contributed by atoms with E-state index in [1.807, 2.05) is 0 Å². The van der Waals surface area contributed by atoms with Gasteiger partial charge in [0.05, 0.1) is 11.9 Å². The summed E-state index contributed by atoms with van der Waals surface area (Å²) in [6.07, 6.45) is 6.36. The summed E-state index contributed by atoms with van der Waals surface area (Å²) in [6.45, 7) is 5.51. The molecule has 0 aliphatic carbocycles. The summed E-state index contributed by atoms with van der Waals surface area (Å²) in [6, 6.07) is 2.06. The van der Waals surface area contributed by atoms with Gasteiger partial charge in [0.1, 0.15) is 0 Å². The van der Waals surface area contributed by atoms with Gasteiger partial charge in [0.2, 0.25) is 0 Å². The second-order valence-electron chi connectivity index (χ2n) is 4.64. The molecule has 0 spiro atoms. The van der Waals surface area contributed by atoms with Crippen LogP contribution in [0.2, 0.25) is 0 Å². The zero-order valence-corrected chi connectivity index (χ0v) is 10.3. The molecule has 4 heteroatoms. The molecule has 1 aliphatic rings. The van der Waals surface area contributed by atoms with Crippen LogP contribution in [0, 0.1) is 5.82 Å². The van der Waals surface area contributed by atoms with E-state index in [9.17, 15) is 4.39 Å². The summed E-state index contributed by atoms with van der Waals surface area (Å²) in [7, 11) is 0. The third-order valence-corrected chi connectivity index (χ3v) is 3.18. The van der Waals surface area contributed by atoms with Gasteiger partial charge in [0.15, 0.2) is 5.82 Å². The van der Waals surface area contributed by atoms with Gasteiger partial charge < -0.3 is 10.2 Å². The summed E-state index contributed by atoms with van der Waals surface area (Å²) >= 11 is 0. The molecule has 1 atom stereocenters. The van der Waals surface area contributed by atoms with Crippen LogP contribution in [0.15, 0.2) is 18.5 Å². The number of pyridine rings is 1. The van der Waals surface area contributed by atoms with Crippen LogP contribution < -0.4 is 5.32 Å². The minimum atomic E-state index is -0.264. The number of hydrogen-bond acceptors (Lipinski definition) is 3. The number of anilines is 1. The third-order valence-electron chi connectivity index (χ3n) is 3.18. The van der Waals surface area contributed by atoms with E-state index < -0.39 is 0 Å². The molecule has 0 bridgehead atoms. The van der Waals surface area contributed by atoms with E-state index in [1.165, 1.54) is 25.6 Å². The highest BCUT2D eigenvalue weighted by Crippen LogP contribution is 2.18. The molecule has 1 aromatic rings. The Balaban J connectivity index is 1.92. The molecular formula is C13H20FN3. The van der Waals surface area contributed by atoms with Crippen molar-refractivity contribution in [1.82, 2.24) is 9.88 Å². The molecule has 1 saturated heterocycles. The topological polar surface area (TPSA) is 28.2 Å². The van der Waals surface area contributed by atoms with Gasteiger partial charge in [-0.05, 0) is 38.4 Å². The molecule has 94 valence electrons. The van der Waals surface area contributed by atoms with E-state index in [0.717, 1.165) is 19.5 Å². The van der Waals surface area contributed by atoms with Gasteiger partial charge in [-0.15, -0.1) is 0 Å². The van der Waals surface area contributed by atoms with Crippen molar-refractivity contribution in [1.29, 1.82) is 0 Å². The molecule has 1 aromatic heterocycles. The Morgan fingerprint density at radius 3 is 3.24 bits per heavy atom. The number of nitrogens with one attached hydrogen (secondary N) is 1. The fourth-order valence-electron chi connectivity index (χ4n) is 2.40. The van der Waals surface area contributed by atoms with Crippen LogP contribution >= 0.6 is 0 Å². The quantitative estimate of drug-likeness (QED) is 0.872. The first-order valence-corrected chi connectivity index (χ1v) is 6.38. The molecule has 1 N–H and O–H groups in total. The SMILES string of the molecule is CCCN1CCC[C@H](Nc2ccncc2F)C1. The van der Waals surface area contributed by atoms with Crippen LogP contribution in [0.3, 0.4) is 0 Å². The Morgan fingerprint density at radius 2 is 2.47 bits per heavy atom. The third kappa shape index (κ3) is 3.40. The largest absolute Gasteiger partial charge is 0.379 e. The van der Waals surface area contributed by atoms with Crippen LogP contribution in [-0.4, -0.2) is 35.6 Å². The predicted octanol–water partition coefficient (Wildman–Crippen LogP) is 2.51. The van der Waals surface area contributed by atoms with Gasteiger partial charge in [0, 0.05) is 18.8 Å². The lowest BCUT2D eigenvalue weighted by molar-refractivity contribution is 0.216. The molecule has 1 fully saturated rings. The van der Waals surface area contributed by atoms with Crippen LogP contribution in [0.1, 0.15) is 26.2 Å². The molecule has 0 amide bonds. The van der Waals surface area contributed by atoms with E-state index in [4.69, 9.17) is 0 Å². The van der Waals surface area contributed by atoms with Crippen molar-refractivity contribution in [2.24, 2.45) is 0 Å². The summed E-state index contributed by atoms with van der Waals surface area (Å²) in [5.74, 6) is -0.264. The van der Waals surface area contributed by atoms with E-state index >= 15 is 0 Å². The first-order chi connectivity index (χ1) is 8.29. The summed E-state index contributed by atoms with van der Waals surface area (Å²) < 4.78 is 13.5. The maximum atomic E-state index is 13.5. The number of piperidine rings is 1. The molecule has 0 radical (unpaired) electrons. The van der Waals surface area contributed by atoms with Gasteiger partial charge in [-0.3, -0.25) is 4.98 Å². The minimum absolute atomic E-state index is 0.264. The zero-order valence-electron chi connectivity index (χ0n) is 10.3. The van der Waals surface area contributed by atoms with Gasteiger partial charge in [-0.2, -0.15) is 0 Å². The standard InChI is InChI=1S/C13H20FN3/c1-2-7-17-8-3-4-11(10-17)16-13-5-6-15-9-12(13)14/h5-6,9,11H,2-4,7-8,10H2,1H3,(H,15,16)/t11-/m0/s1. The van der Waals surface area contributed by atoms with Crippen molar-refractivity contribution in [2.45, 2.75) is 32.2 Å². The maximum Gasteiger partial charge on any atom is 0.164 e. The first kappa shape index (κ1) is 12.3. The van der Waals surface area contributed by atoms with Gasteiger partial charge in [-0.1, -0.05) is 6.92 Å². The lowest BCUT2D eigenvalue weighted by Crippen LogP contribution is -2.42. The Bertz CT molecular complexity index is 354. The average Bonchev–Trinajstić information content (AvgIpc) is 2.33. The lowest BCUT2D eigenvalue weighted by Gasteiger charge is -2.33. The second-order valence-corrected chi connectivity index (χ2v) is 4.64. The van der Waals surface area contributed by atoms with Crippen molar-refractivity contribution in [3.63, 3.8) is 0 Å². The van der Waals surface area contributed by atoms with E-state index in [2.05, 4.69) is 22.1 Å². The molecule has 2 heterocycles. The molecule has 17 heavy (non-hydrogen) atoms. The van der Waals surface area contributed by atoms with E-state index in [0.29, 0.717) is 11.7 Å².